The second-order valence-electron chi connectivity index (χ2n) is 4.33. The summed E-state index contributed by atoms with van der Waals surface area (Å²) in [5.74, 6) is 0.348. The van der Waals surface area contributed by atoms with E-state index in [1.54, 1.807) is 42.5 Å². The van der Waals surface area contributed by atoms with Crippen molar-refractivity contribution in [1.29, 1.82) is 0 Å². The minimum atomic E-state index is -0.888. The van der Waals surface area contributed by atoms with Crippen LogP contribution in [-0.2, 0) is 11.2 Å². The van der Waals surface area contributed by atoms with Crippen molar-refractivity contribution < 1.29 is 19.4 Å². The maximum atomic E-state index is 10.8. The number of hydrogen-bond acceptors (Lipinski definition) is 3. The van der Waals surface area contributed by atoms with Crippen molar-refractivity contribution >= 4 is 17.6 Å². The van der Waals surface area contributed by atoms with Gasteiger partial charge in [0.2, 0.25) is 0 Å². The van der Waals surface area contributed by atoms with Crippen molar-refractivity contribution in [3.05, 3.63) is 59.1 Å². The van der Waals surface area contributed by atoms with E-state index in [-0.39, 0.29) is 6.42 Å². The Hall–Kier alpha value is -2.20. The van der Waals surface area contributed by atoms with Gasteiger partial charge in [-0.3, -0.25) is 4.79 Å². The van der Waals surface area contributed by atoms with Crippen molar-refractivity contribution in [2.24, 2.45) is 0 Å². The Morgan fingerprint density at radius 2 is 1.81 bits per heavy atom. The van der Waals surface area contributed by atoms with Crippen LogP contribution in [0, 0.1) is 0 Å². The molecule has 0 aliphatic carbocycles. The Labute approximate surface area is 127 Å². The Kier molecular flexibility index (Phi) is 5.46. The largest absolute Gasteiger partial charge is 0.490 e. The third-order valence-electron chi connectivity index (χ3n) is 2.72. The highest BCUT2D eigenvalue weighted by atomic mass is 35.5. The van der Waals surface area contributed by atoms with Gasteiger partial charge in [-0.1, -0.05) is 35.9 Å². The van der Waals surface area contributed by atoms with Crippen LogP contribution < -0.4 is 9.47 Å². The number of aliphatic carboxylic acids is 1. The number of carboxylic acid groups (broad SMARTS) is 1. The first-order valence-electron chi connectivity index (χ1n) is 6.46. The first-order chi connectivity index (χ1) is 10.1. The van der Waals surface area contributed by atoms with Crippen LogP contribution in [0.25, 0.3) is 0 Å². The van der Waals surface area contributed by atoms with Gasteiger partial charge in [0.25, 0.3) is 0 Å². The van der Waals surface area contributed by atoms with Crippen LogP contribution in [0.15, 0.2) is 48.5 Å². The second-order valence-corrected chi connectivity index (χ2v) is 4.77. The van der Waals surface area contributed by atoms with Crippen LogP contribution in [0.3, 0.4) is 0 Å². The predicted molar refractivity (Wildman–Crippen MR) is 80.2 cm³/mol. The van der Waals surface area contributed by atoms with Gasteiger partial charge in [-0.25, -0.2) is 0 Å². The first kappa shape index (κ1) is 15.2. The summed E-state index contributed by atoms with van der Waals surface area (Å²) in [6.45, 7) is 0.672. The topological polar surface area (TPSA) is 55.8 Å². The Balaban J connectivity index is 1.85. The van der Waals surface area contributed by atoms with Crippen LogP contribution in [0.1, 0.15) is 5.56 Å². The molecular formula is C16H15ClO4. The smallest absolute Gasteiger partial charge is 0.307 e. The minimum Gasteiger partial charge on any atom is -0.490 e. The summed E-state index contributed by atoms with van der Waals surface area (Å²) in [5, 5.41) is 9.46. The van der Waals surface area contributed by atoms with Gasteiger partial charge >= 0.3 is 5.97 Å². The monoisotopic (exact) mass is 306 g/mol. The van der Waals surface area contributed by atoms with Crippen LogP contribution >= 0.6 is 11.6 Å². The minimum absolute atomic E-state index is 0.0642. The van der Waals surface area contributed by atoms with E-state index < -0.39 is 5.97 Å². The summed E-state index contributed by atoms with van der Waals surface area (Å²) in [6.07, 6.45) is -0.0642. The number of carbonyl (C=O) groups is 1. The highest BCUT2D eigenvalue weighted by Gasteiger charge is 2.07. The molecule has 1 N–H and O–H groups in total. The van der Waals surface area contributed by atoms with Crippen molar-refractivity contribution in [2.45, 2.75) is 6.42 Å². The number of carboxylic acids is 1. The molecule has 0 unspecified atom stereocenters. The summed E-state index contributed by atoms with van der Waals surface area (Å²) in [4.78, 5) is 10.8. The van der Waals surface area contributed by atoms with E-state index in [1.165, 1.54) is 0 Å². The van der Waals surface area contributed by atoms with E-state index in [0.717, 1.165) is 0 Å². The van der Waals surface area contributed by atoms with E-state index >= 15 is 0 Å². The van der Waals surface area contributed by atoms with E-state index in [1.807, 2.05) is 6.07 Å². The standard InChI is InChI=1S/C16H15ClO4/c17-13-5-3-6-14(11-13)20-8-9-21-15-7-2-1-4-12(15)10-16(18)19/h1-7,11H,8-10H2,(H,18,19). The van der Waals surface area contributed by atoms with Gasteiger partial charge in [-0.15, -0.1) is 0 Å². The van der Waals surface area contributed by atoms with E-state index in [4.69, 9.17) is 26.2 Å². The maximum Gasteiger partial charge on any atom is 0.307 e. The average Bonchev–Trinajstić information content (AvgIpc) is 2.45. The zero-order valence-electron chi connectivity index (χ0n) is 11.3. The third kappa shape index (κ3) is 5.00. The van der Waals surface area contributed by atoms with Crippen LogP contribution in [-0.4, -0.2) is 24.3 Å². The molecule has 2 rings (SSSR count). The Morgan fingerprint density at radius 3 is 2.57 bits per heavy atom. The quantitative estimate of drug-likeness (QED) is 0.796. The highest BCUT2D eigenvalue weighted by Crippen LogP contribution is 2.19. The van der Waals surface area contributed by atoms with Gasteiger partial charge in [-0.2, -0.15) is 0 Å². The van der Waals surface area contributed by atoms with Crippen molar-refractivity contribution in [1.82, 2.24) is 0 Å². The third-order valence-corrected chi connectivity index (χ3v) is 2.96. The fourth-order valence-electron chi connectivity index (χ4n) is 1.82. The Morgan fingerprint density at radius 1 is 1.05 bits per heavy atom. The van der Waals surface area contributed by atoms with E-state index in [9.17, 15) is 4.79 Å². The number of para-hydroxylation sites is 1. The molecule has 110 valence electrons. The van der Waals surface area contributed by atoms with Crippen LogP contribution in [0.5, 0.6) is 11.5 Å². The first-order valence-corrected chi connectivity index (χ1v) is 6.84. The average molecular weight is 307 g/mol. The van der Waals surface area contributed by atoms with Crippen molar-refractivity contribution in [3.8, 4) is 11.5 Å². The summed E-state index contributed by atoms with van der Waals surface area (Å²) in [5.41, 5.74) is 0.646. The maximum absolute atomic E-state index is 10.8. The molecule has 0 fully saturated rings. The molecular weight excluding hydrogens is 292 g/mol. The molecule has 0 heterocycles. The SMILES string of the molecule is O=C(O)Cc1ccccc1OCCOc1cccc(Cl)c1. The molecule has 0 atom stereocenters. The number of ether oxygens (including phenoxy) is 2. The number of halogens is 1. The summed E-state index contributed by atoms with van der Waals surface area (Å²) < 4.78 is 11.1. The number of benzene rings is 2. The lowest BCUT2D eigenvalue weighted by Crippen LogP contribution is -2.11. The van der Waals surface area contributed by atoms with Gasteiger partial charge in [0.05, 0.1) is 6.42 Å². The molecule has 0 radical (unpaired) electrons. The molecule has 0 aromatic heterocycles. The zero-order chi connectivity index (χ0) is 15.1. The Bertz CT molecular complexity index is 613. The molecule has 2 aromatic carbocycles. The molecule has 4 nitrogen and oxygen atoms in total. The molecule has 5 heteroatoms. The molecule has 0 amide bonds. The van der Waals surface area contributed by atoms with Crippen LogP contribution in [0.2, 0.25) is 5.02 Å². The summed E-state index contributed by atoms with van der Waals surface area (Å²) in [7, 11) is 0. The van der Waals surface area contributed by atoms with Gasteiger partial charge in [0, 0.05) is 10.6 Å². The lowest BCUT2D eigenvalue weighted by Gasteiger charge is -2.11. The number of rotatable bonds is 7. The summed E-state index contributed by atoms with van der Waals surface area (Å²) in [6, 6.07) is 14.2. The van der Waals surface area contributed by atoms with Gasteiger partial charge in [0.1, 0.15) is 24.7 Å². The fraction of sp³-hybridized carbons (Fsp3) is 0.188. The van der Waals surface area contributed by atoms with Crippen LogP contribution in [0.4, 0.5) is 0 Å². The molecule has 0 bridgehead atoms. The number of hydrogen-bond donors (Lipinski definition) is 1. The normalized spacial score (nSPS) is 10.1. The zero-order valence-corrected chi connectivity index (χ0v) is 12.0. The second kappa shape index (κ2) is 7.55. The highest BCUT2D eigenvalue weighted by molar-refractivity contribution is 6.30. The molecule has 0 saturated carbocycles. The lowest BCUT2D eigenvalue weighted by atomic mass is 10.1. The molecule has 2 aromatic rings. The molecule has 21 heavy (non-hydrogen) atoms. The summed E-state index contributed by atoms with van der Waals surface area (Å²) >= 11 is 5.86. The van der Waals surface area contributed by atoms with E-state index in [0.29, 0.717) is 35.3 Å². The predicted octanol–water partition coefficient (Wildman–Crippen LogP) is 3.42. The van der Waals surface area contributed by atoms with Crippen molar-refractivity contribution in [2.75, 3.05) is 13.2 Å². The van der Waals surface area contributed by atoms with Crippen molar-refractivity contribution in [3.63, 3.8) is 0 Å². The fourth-order valence-corrected chi connectivity index (χ4v) is 2.00. The van der Waals surface area contributed by atoms with Gasteiger partial charge in [0.15, 0.2) is 0 Å². The molecule has 0 aliphatic rings. The van der Waals surface area contributed by atoms with Gasteiger partial charge in [-0.05, 0) is 24.3 Å². The molecule has 0 saturated heterocycles. The molecule has 0 aliphatic heterocycles. The molecule has 0 spiro atoms. The van der Waals surface area contributed by atoms with Gasteiger partial charge < -0.3 is 14.6 Å². The van der Waals surface area contributed by atoms with E-state index in [2.05, 4.69) is 0 Å². The lowest BCUT2D eigenvalue weighted by molar-refractivity contribution is -0.136.